The first-order valence-electron chi connectivity index (χ1n) is 13.7. The molecule has 3 aromatic rings. The van der Waals surface area contributed by atoms with Crippen molar-refractivity contribution >= 4 is 11.9 Å². The van der Waals surface area contributed by atoms with Crippen LogP contribution in [-0.4, -0.2) is 49.1 Å². The number of nitrogens with zero attached hydrogens (tertiary/aromatic N) is 1. The second-order valence-electron chi connectivity index (χ2n) is 10.5. The second-order valence-corrected chi connectivity index (χ2v) is 10.5. The number of ketones is 1. The number of fused-ring (bicyclic) bond motifs is 3. The molecule has 1 amide bonds. The Morgan fingerprint density at radius 2 is 1.50 bits per heavy atom. The number of amides is 1. The van der Waals surface area contributed by atoms with E-state index in [1.54, 1.807) is 0 Å². The molecule has 1 aliphatic carbocycles. The number of Topliss-reactive ketones (excluding diaryl/α,β-unsaturated/α-hetero) is 1. The SMILES string of the molecule is CCc1ccc(CN2CCC(C(N)C(=O)CNC(=O)OCC3c4ccccc4-c4ccccc43)CC2)cc1. The number of benzene rings is 3. The number of carbonyl (C=O) groups excluding carboxylic acids is 2. The maximum absolute atomic E-state index is 12.8. The largest absolute Gasteiger partial charge is 0.449 e. The smallest absolute Gasteiger partial charge is 0.407 e. The summed E-state index contributed by atoms with van der Waals surface area (Å²) in [6.45, 7) is 5.03. The molecule has 1 saturated heterocycles. The fourth-order valence-corrected chi connectivity index (χ4v) is 5.80. The van der Waals surface area contributed by atoms with E-state index in [1.165, 1.54) is 22.3 Å². The Kier molecular flexibility index (Phi) is 8.20. The number of carbonyl (C=O) groups is 2. The number of piperidine rings is 1. The molecule has 1 atom stereocenters. The molecule has 2 aliphatic rings. The molecule has 38 heavy (non-hydrogen) atoms. The van der Waals surface area contributed by atoms with Crippen LogP contribution in [0.15, 0.2) is 72.8 Å². The van der Waals surface area contributed by atoms with Gasteiger partial charge in [-0.25, -0.2) is 4.79 Å². The molecule has 1 aliphatic heterocycles. The average Bonchev–Trinajstić information content (AvgIpc) is 3.29. The Bertz CT molecular complexity index is 1220. The summed E-state index contributed by atoms with van der Waals surface area (Å²) in [6, 6.07) is 24.6. The molecule has 3 aromatic carbocycles. The van der Waals surface area contributed by atoms with E-state index in [9.17, 15) is 9.59 Å². The van der Waals surface area contributed by atoms with Gasteiger partial charge in [0.05, 0.1) is 12.6 Å². The number of nitrogens with two attached hydrogens (primary N) is 1. The van der Waals surface area contributed by atoms with Gasteiger partial charge >= 0.3 is 6.09 Å². The van der Waals surface area contributed by atoms with Crippen LogP contribution in [0.2, 0.25) is 0 Å². The zero-order valence-electron chi connectivity index (χ0n) is 22.1. The fourth-order valence-electron chi connectivity index (χ4n) is 5.80. The topological polar surface area (TPSA) is 84.7 Å². The lowest BCUT2D eigenvalue weighted by Crippen LogP contribution is -2.48. The van der Waals surface area contributed by atoms with Crippen LogP contribution in [0.5, 0.6) is 0 Å². The van der Waals surface area contributed by atoms with E-state index in [2.05, 4.69) is 65.7 Å². The van der Waals surface area contributed by atoms with Gasteiger partial charge in [-0.2, -0.15) is 0 Å². The van der Waals surface area contributed by atoms with Crippen LogP contribution in [0, 0.1) is 5.92 Å². The van der Waals surface area contributed by atoms with E-state index < -0.39 is 12.1 Å². The standard InChI is InChI=1S/C32H37N3O3/c1-2-22-11-13-23(14-12-22)20-35-17-15-24(16-18-35)31(33)30(36)19-34-32(37)38-21-29-27-9-5-3-7-25(27)26-8-4-6-10-28(26)29/h3-14,24,29,31H,2,15-21,33H2,1H3,(H,34,37). The Morgan fingerprint density at radius 1 is 0.921 bits per heavy atom. The van der Waals surface area contributed by atoms with E-state index in [0.29, 0.717) is 0 Å². The molecule has 1 fully saturated rings. The number of hydrogen-bond donors (Lipinski definition) is 2. The minimum absolute atomic E-state index is 0.0131. The van der Waals surface area contributed by atoms with Crippen molar-refractivity contribution in [3.05, 3.63) is 95.1 Å². The lowest BCUT2D eigenvalue weighted by Gasteiger charge is -2.34. The van der Waals surface area contributed by atoms with Crippen molar-refractivity contribution in [2.24, 2.45) is 11.7 Å². The summed E-state index contributed by atoms with van der Waals surface area (Å²) in [4.78, 5) is 27.6. The van der Waals surface area contributed by atoms with Gasteiger partial charge in [0, 0.05) is 12.5 Å². The van der Waals surface area contributed by atoms with Crippen LogP contribution < -0.4 is 11.1 Å². The van der Waals surface area contributed by atoms with Crippen molar-refractivity contribution in [3.63, 3.8) is 0 Å². The van der Waals surface area contributed by atoms with E-state index in [-0.39, 0.29) is 30.8 Å². The second kappa shape index (κ2) is 11.9. The van der Waals surface area contributed by atoms with Crippen molar-refractivity contribution < 1.29 is 14.3 Å². The van der Waals surface area contributed by atoms with Crippen LogP contribution >= 0.6 is 0 Å². The maximum Gasteiger partial charge on any atom is 0.407 e. The van der Waals surface area contributed by atoms with Crippen LogP contribution in [0.25, 0.3) is 11.1 Å². The van der Waals surface area contributed by atoms with Gasteiger partial charge in [-0.1, -0.05) is 79.7 Å². The molecular weight excluding hydrogens is 474 g/mol. The molecule has 0 spiro atoms. The normalized spacial score (nSPS) is 16.5. The molecule has 3 N–H and O–H groups in total. The van der Waals surface area contributed by atoms with Gasteiger partial charge in [-0.05, 0) is 71.7 Å². The third-order valence-corrected chi connectivity index (χ3v) is 8.10. The summed E-state index contributed by atoms with van der Waals surface area (Å²) in [6.07, 6.45) is 2.22. The third-order valence-electron chi connectivity index (χ3n) is 8.10. The fraction of sp³-hybridized carbons (Fsp3) is 0.375. The van der Waals surface area contributed by atoms with E-state index >= 15 is 0 Å². The molecule has 0 aromatic heterocycles. The molecule has 6 heteroatoms. The number of aryl methyl sites for hydroxylation is 1. The van der Waals surface area contributed by atoms with Crippen molar-refractivity contribution in [1.82, 2.24) is 10.2 Å². The number of hydrogen-bond acceptors (Lipinski definition) is 5. The molecule has 0 saturated carbocycles. The van der Waals surface area contributed by atoms with Gasteiger partial charge in [0.1, 0.15) is 6.61 Å². The van der Waals surface area contributed by atoms with E-state index in [1.807, 2.05) is 24.3 Å². The Morgan fingerprint density at radius 3 is 2.11 bits per heavy atom. The summed E-state index contributed by atoms with van der Waals surface area (Å²) >= 11 is 0. The lowest BCUT2D eigenvalue weighted by atomic mass is 9.87. The van der Waals surface area contributed by atoms with Crippen LogP contribution in [0.1, 0.15) is 47.9 Å². The van der Waals surface area contributed by atoms with E-state index in [4.69, 9.17) is 10.5 Å². The monoisotopic (exact) mass is 511 g/mol. The van der Waals surface area contributed by atoms with Crippen molar-refractivity contribution in [2.75, 3.05) is 26.2 Å². The van der Waals surface area contributed by atoms with Gasteiger partial charge in [-0.15, -0.1) is 0 Å². The molecule has 6 nitrogen and oxygen atoms in total. The summed E-state index contributed by atoms with van der Waals surface area (Å²) in [7, 11) is 0. The first-order chi connectivity index (χ1) is 18.5. The van der Waals surface area contributed by atoms with Crippen LogP contribution in [0.4, 0.5) is 4.79 Å². The van der Waals surface area contributed by atoms with Crippen LogP contribution in [0.3, 0.4) is 0 Å². The summed E-state index contributed by atoms with van der Waals surface area (Å²) in [5.41, 5.74) is 13.7. The maximum atomic E-state index is 12.8. The van der Waals surface area contributed by atoms with Crippen molar-refractivity contribution in [2.45, 2.75) is 44.7 Å². The molecule has 0 bridgehead atoms. The Hall–Kier alpha value is -3.48. The molecule has 0 radical (unpaired) electrons. The highest BCUT2D eigenvalue weighted by Crippen LogP contribution is 2.44. The number of nitrogens with one attached hydrogen (secondary N) is 1. The molecule has 198 valence electrons. The van der Waals surface area contributed by atoms with Gasteiger partial charge in [0.2, 0.25) is 0 Å². The molecule has 1 heterocycles. The van der Waals surface area contributed by atoms with Gasteiger partial charge in [0.15, 0.2) is 5.78 Å². The highest BCUT2D eigenvalue weighted by atomic mass is 16.5. The zero-order chi connectivity index (χ0) is 26.5. The average molecular weight is 512 g/mol. The Labute approximate surface area is 225 Å². The minimum atomic E-state index is -0.587. The number of alkyl carbamates (subject to hydrolysis) is 1. The molecule has 1 unspecified atom stereocenters. The highest BCUT2D eigenvalue weighted by molar-refractivity contribution is 5.88. The first kappa shape index (κ1) is 26.1. The summed E-state index contributed by atoms with van der Waals surface area (Å²) in [5, 5.41) is 2.62. The third kappa shape index (κ3) is 5.82. The predicted octanol–water partition coefficient (Wildman–Crippen LogP) is 4.90. The quantitative estimate of drug-likeness (QED) is 0.427. The minimum Gasteiger partial charge on any atom is -0.449 e. The number of ether oxygens (including phenoxy) is 1. The number of rotatable bonds is 9. The summed E-state index contributed by atoms with van der Waals surface area (Å²) in [5.74, 6) is -0.0292. The first-order valence-corrected chi connectivity index (χ1v) is 13.7. The van der Waals surface area contributed by atoms with Crippen molar-refractivity contribution in [1.29, 1.82) is 0 Å². The van der Waals surface area contributed by atoms with Gasteiger partial charge < -0.3 is 15.8 Å². The van der Waals surface area contributed by atoms with Crippen LogP contribution in [-0.2, 0) is 22.5 Å². The summed E-state index contributed by atoms with van der Waals surface area (Å²) < 4.78 is 5.55. The van der Waals surface area contributed by atoms with E-state index in [0.717, 1.165) is 50.0 Å². The number of likely N-dealkylation sites (tertiary alicyclic amines) is 1. The molecular formula is C32H37N3O3. The zero-order valence-corrected chi connectivity index (χ0v) is 22.1. The molecule has 5 rings (SSSR count). The van der Waals surface area contributed by atoms with Gasteiger partial charge in [-0.3, -0.25) is 9.69 Å². The lowest BCUT2D eigenvalue weighted by molar-refractivity contribution is -0.121. The van der Waals surface area contributed by atoms with Gasteiger partial charge in [0.25, 0.3) is 0 Å². The highest BCUT2D eigenvalue weighted by Gasteiger charge is 2.30. The predicted molar refractivity (Wildman–Crippen MR) is 150 cm³/mol. The van der Waals surface area contributed by atoms with Crippen molar-refractivity contribution in [3.8, 4) is 11.1 Å². The Balaban J connectivity index is 1.06.